The lowest BCUT2D eigenvalue weighted by Gasteiger charge is -2.25. The number of hydrogen-bond acceptors (Lipinski definition) is 2. The van der Waals surface area contributed by atoms with Crippen molar-refractivity contribution in [2.45, 2.75) is 72.0 Å². The molecule has 1 heterocycles. The van der Waals surface area contributed by atoms with Crippen LogP contribution in [-0.2, 0) is 12.1 Å². The molecule has 1 aromatic heterocycles. The quantitative estimate of drug-likeness (QED) is 0.851. The van der Waals surface area contributed by atoms with Gasteiger partial charge in [-0.1, -0.05) is 13.3 Å². The van der Waals surface area contributed by atoms with Gasteiger partial charge in [0.1, 0.15) is 0 Å². The molecule has 0 saturated carbocycles. The second kappa shape index (κ2) is 5.21. The van der Waals surface area contributed by atoms with Gasteiger partial charge in [-0.15, -0.1) is 0 Å². The summed E-state index contributed by atoms with van der Waals surface area (Å²) in [5, 5.41) is 8.00. The van der Waals surface area contributed by atoms with E-state index in [0.717, 1.165) is 6.54 Å². The summed E-state index contributed by atoms with van der Waals surface area (Å²) < 4.78 is 2.02. The molecule has 0 spiro atoms. The molecule has 1 aromatic rings. The zero-order valence-electron chi connectivity index (χ0n) is 12.2. The molecule has 0 aliphatic heterocycles. The summed E-state index contributed by atoms with van der Waals surface area (Å²) in [6.07, 6.45) is 6.50. The molecule has 0 aliphatic rings. The van der Waals surface area contributed by atoms with Crippen molar-refractivity contribution in [3.05, 3.63) is 18.0 Å². The van der Waals surface area contributed by atoms with Crippen molar-refractivity contribution >= 4 is 0 Å². The smallest absolute Gasteiger partial charge is 0.0543 e. The summed E-state index contributed by atoms with van der Waals surface area (Å²) in [5.74, 6) is 0. The second-order valence-corrected chi connectivity index (χ2v) is 6.45. The van der Waals surface area contributed by atoms with Crippen LogP contribution < -0.4 is 5.32 Å². The van der Waals surface area contributed by atoms with Gasteiger partial charge in [-0.25, -0.2) is 0 Å². The largest absolute Gasteiger partial charge is 0.308 e. The molecular formula is C14H27N3. The van der Waals surface area contributed by atoms with Gasteiger partial charge in [0.05, 0.1) is 11.7 Å². The van der Waals surface area contributed by atoms with Crippen LogP contribution in [0.1, 0.15) is 59.9 Å². The van der Waals surface area contributed by atoms with E-state index in [1.807, 2.05) is 10.9 Å². The summed E-state index contributed by atoms with van der Waals surface area (Å²) >= 11 is 0. The molecule has 3 heteroatoms. The van der Waals surface area contributed by atoms with Crippen molar-refractivity contribution in [3.8, 4) is 0 Å². The molecule has 98 valence electrons. The first-order chi connectivity index (χ1) is 7.74. The van der Waals surface area contributed by atoms with Crippen LogP contribution >= 0.6 is 0 Å². The van der Waals surface area contributed by atoms with Gasteiger partial charge in [0.15, 0.2) is 0 Å². The average molecular weight is 237 g/mol. The van der Waals surface area contributed by atoms with Crippen LogP contribution in [0.15, 0.2) is 12.4 Å². The molecule has 0 amide bonds. The molecule has 0 fully saturated rings. The number of aromatic nitrogens is 2. The topological polar surface area (TPSA) is 29.9 Å². The molecule has 0 aliphatic carbocycles. The van der Waals surface area contributed by atoms with Crippen LogP contribution in [-0.4, -0.2) is 15.3 Å². The first-order valence-corrected chi connectivity index (χ1v) is 6.54. The Morgan fingerprint density at radius 3 is 2.35 bits per heavy atom. The molecule has 0 aromatic carbocycles. The first-order valence-electron chi connectivity index (χ1n) is 6.54. The minimum Gasteiger partial charge on any atom is -0.308 e. The highest BCUT2D eigenvalue weighted by atomic mass is 15.3. The van der Waals surface area contributed by atoms with E-state index in [1.165, 1.54) is 18.4 Å². The van der Waals surface area contributed by atoms with Gasteiger partial charge in [0, 0.05) is 23.8 Å². The zero-order valence-corrected chi connectivity index (χ0v) is 12.2. The lowest BCUT2D eigenvalue weighted by atomic mass is 9.99. The van der Waals surface area contributed by atoms with Gasteiger partial charge in [-0.05, 0) is 41.0 Å². The van der Waals surface area contributed by atoms with E-state index < -0.39 is 0 Å². The van der Waals surface area contributed by atoms with E-state index in [1.54, 1.807) is 0 Å². The molecule has 0 saturated heterocycles. The Bertz CT molecular complexity index is 345. The Hall–Kier alpha value is -0.830. The number of nitrogens with one attached hydrogen (secondary N) is 1. The highest BCUT2D eigenvalue weighted by molar-refractivity contribution is 5.05. The Morgan fingerprint density at radius 1 is 1.24 bits per heavy atom. The molecule has 0 bridgehead atoms. The zero-order chi connectivity index (χ0) is 13.1. The maximum atomic E-state index is 4.41. The molecule has 1 rings (SSSR count). The van der Waals surface area contributed by atoms with Crippen LogP contribution in [0.25, 0.3) is 0 Å². The lowest BCUT2D eigenvalue weighted by molar-refractivity contribution is 0.350. The number of nitrogens with zero attached hydrogens (tertiary/aromatic N) is 2. The van der Waals surface area contributed by atoms with E-state index in [4.69, 9.17) is 0 Å². The van der Waals surface area contributed by atoms with Crippen molar-refractivity contribution in [1.29, 1.82) is 0 Å². The summed E-state index contributed by atoms with van der Waals surface area (Å²) in [6, 6.07) is 0. The number of rotatable bonds is 5. The second-order valence-electron chi connectivity index (χ2n) is 6.45. The van der Waals surface area contributed by atoms with Crippen LogP contribution in [0.5, 0.6) is 0 Å². The van der Waals surface area contributed by atoms with Crippen molar-refractivity contribution in [3.63, 3.8) is 0 Å². The maximum absolute atomic E-state index is 4.41. The number of hydrogen-bond donors (Lipinski definition) is 1. The average Bonchev–Trinajstić information content (AvgIpc) is 2.62. The highest BCUT2D eigenvalue weighted by Gasteiger charge is 2.17. The van der Waals surface area contributed by atoms with Crippen LogP contribution in [0, 0.1) is 0 Å². The first kappa shape index (κ1) is 14.2. The predicted octanol–water partition coefficient (Wildman–Crippen LogP) is 3.31. The van der Waals surface area contributed by atoms with Crippen molar-refractivity contribution in [1.82, 2.24) is 15.1 Å². The Balaban J connectivity index is 2.56. The van der Waals surface area contributed by atoms with E-state index in [9.17, 15) is 0 Å². The van der Waals surface area contributed by atoms with Gasteiger partial charge in [0.2, 0.25) is 0 Å². The summed E-state index contributed by atoms with van der Waals surface area (Å²) in [4.78, 5) is 0. The Morgan fingerprint density at radius 2 is 1.88 bits per heavy atom. The molecule has 3 nitrogen and oxygen atoms in total. The third-order valence-electron chi connectivity index (χ3n) is 2.97. The molecule has 0 unspecified atom stereocenters. The summed E-state index contributed by atoms with van der Waals surface area (Å²) in [7, 11) is 0. The molecule has 17 heavy (non-hydrogen) atoms. The third-order valence-corrected chi connectivity index (χ3v) is 2.97. The van der Waals surface area contributed by atoms with E-state index >= 15 is 0 Å². The van der Waals surface area contributed by atoms with Crippen molar-refractivity contribution in [2.75, 3.05) is 0 Å². The van der Waals surface area contributed by atoms with E-state index in [2.05, 4.69) is 58.2 Å². The highest BCUT2D eigenvalue weighted by Crippen LogP contribution is 2.15. The molecule has 1 N–H and O–H groups in total. The summed E-state index contributed by atoms with van der Waals surface area (Å²) in [6.45, 7) is 14.1. The van der Waals surface area contributed by atoms with Gasteiger partial charge in [0.25, 0.3) is 0 Å². The Labute approximate surface area is 106 Å². The standard InChI is InChI=1S/C14H27N3/c1-7-8-14(5,6)15-9-12-10-16-17(11-12)13(2,3)4/h10-11,15H,7-9H2,1-6H3. The van der Waals surface area contributed by atoms with Gasteiger partial charge < -0.3 is 5.32 Å². The SMILES string of the molecule is CCCC(C)(C)NCc1cnn(C(C)(C)C)c1. The Kier molecular flexibility index (Phi) is 4.36. The van der Waals surface area contributed by atoms with Crippen LogP contribution in [0.2, 0.25) is 0 Å². The minimum atomic E-state index is 0.0667. The van der Waals surface area contributed by atoms with Gasteiger partial charge in [-0.2, -0.15) is 5.10 Å². The van der Waals surface area contributed by atoms with E-state index in [0.29, 0.717) is 0 Å². The maximum Gasteiger partial charge on any atom is 0.0543 e. The van der Waals surface area contributed by atoms with Crippen LogP contribution in [0.4, 0.5) is 0 Å². The van der Waals surface area contributed by atoms with Crippen molar-refractivity contribution < 1.29 is 0 Å². The van der Waals surface area contributed by atoms with E-state index in [-0.39, 0.29) is 11.1 Å². The minimum absolute atomic E-state index is 0.0667. The summed E-state index contributed by atoms with van der Waals surface area (Å²) in [5.41, 5.74) is 1.53. The van der Waals surface area contributed by atoms with Crippen LogP contribution in [0.3, 0.4) is 0 Å². The molecular weight excluding hydrogens is 210 g/mol. The van der Waals surface area contributed by atoms with Crippen molar-refractivity contribution in [2.24, 2.45) is 0 Å². The molecule has 0 radical (unpaired) electrons. The predicted molar refractivity (Wildman–Crippen MR) is 73.0 cm³/mol. The van der Waals surface area contributed by atoms with Gasteiger partial charge >= 0.3 is 0 Å². The fourth-order valence-corrected chi connectivity index (χ4v) is 1.87. The molecule has 0 atom stereocenters. The third kappa shape index (κ3) is 4.50. The lowest BCUT2D eigenvalue weighted by Crippen LogP contribution is -2.38. The normalized spacial score (nSPS) is 13.1. The van der Waals surface area contributed by atoms with Gasteiger partial charge in [-0.3, -0.25) is 4.68 Å². The monoisotopic (exact) mass is 237 g/mol. The fourth-order valence-electron chi connectivity index (χ4n) is 1.87. The fraction of sp³-hybridized carbons (Fsp3) is 0.786.